The number of aromatic nitrogens is 2. The van der Waals surface area contributed by atoms with Crippen molar-refractivity contribution in [1.29, 1.82) is 0 Å². The van der Waals surface area contributed by atoms with Gasteiger partial charge in [-0.05, 0) is 32.8 Å². The van der Waals surface area contributed by atoms with Crippen molar-refractivity contribution in [1.82, 2.24) is 14.4 Å². The summed E-state index contributed by atoms with van der Waals surface area (Å²) in [7, 11) is -3.70. The lowest BCUT2D eigenvalue weighted by atomic mass is 10.0. The van der Waals surface area contributed by atoms with E-state index in [0.717, 1.165) is 12.8 Å². The molecule has 1 aliphatic heterocycles. The highest BCUT2D eigenvalue weighted by atomic mass is 32.2. The summed E-state index contributed by atoms with van der Waals surface area (Å²) < 4.78 is 32.2. The van der Waals surface area contributed by atoms with E-state index in [1.54, 1.807) is 13.8 Å². The highest BCUT2D eigenvalue weighted by Crippen LogP contribution is 2.28. The average Bonchev–Trinajstić information content (AvgIpc) is 2.88. The Morgan fingerprint density at radius 3 is 2.95 bits per heavy atom. The maximum Gasteiger partial charge on any atom is 0.257 e. The number of aryl methyl sites for hydroxylation is 1. The van der Waals surface area contributed by atoms with Crippen LogP contribution in [0.4, 0.5) is 0 Å². The lowest BCUT2D eigenvalue weighted by Gasteiger charge is -2.36. The Kier molecular flexibility index (Phi) is 3.92. The Hall–Kier alpha value is -1.51. The number of sulfonamides is 1. The minimum Gasteiger partial charge on any atom is -0.392 e. The van der Waals surface area contributed by atoms with Crippen LogP contribution in [0, 0.1) is 6.92 Å². The molecule has 1 N–H and O–H groups in total. The third-order valence-electron chi connectivity index (χ3n) is 4.15. The van der Waals surface area contributed by atoms with Gasteiger partial charge in [0.25, 0.3) is 5.71 Å². The molecule has 1 aliphatic rings. The van der Waals surface area contributed by atoms with Crippen LogP contribution in [-0.2, 0) is 10.0 Å². The molecule has 1 saturated heterocycles. The zero-order valence-electron chi connectivity index (χ0n) is 12.6. The normalized spacial score (nSPS) is 22.0. The van der Waals surface area contributed by atoms with Gasteiger partial charge >= 0.3 is 0 Å². The molecule has 22 heavy (non-hydrogen) atoms. The van der Waals surface area contributed by atoms with Crippen molar-refractivity contribution in [3.63, 3.8) is 0 Å². The summed E-state index contributed by atoms with van der Waals surface area (Å²) in [6, 6.07) is 1.15. The highest BCUT2D eigenvalue weighted by molar-refractivity contribution is 7.89. The van der Waals surface area contributed by atoms with Crippen LogP contribution in [0.3, 0.4) is 0 Å². The molecule has 0 bridgehead atoms. The fourth-order valence-electron chi connectivity index (χ4n) is 2.91. The zero-order valence-corrected chi connectivity index (χ0v) is 13.4. The number of hydrogen-bond acceptors (Lipinski definition) is 6. The molecule has 2 atom stereocenters. The first-order valence-electron chi connectivity index (χ1n) is 7.33. The number of rotatable bonds is 3. The van der Waals surface area contributed by atoms with E-state index in [1.165, 1.54) is 16.6 Å². The third kappa shape index (κ3) is 2.51. The van der Waals surface area contributed by atoms with Gasteiger partial charge in [0.05, 0.1) is 29.4 Å². The Morgan fingerprint density at radius 2 is 2.23 bits per heavy atom. The van der Waals surface area contributed by atoms with E-state index in [4.69, 9.17) is 4.52 Å². The van der Waals surface area contributed by atoms with Gasteiger partial charge in [0, 0.05) is 6.54 Å². The van der Waals surface area contributed by atoms with Gasteiger partial charge in [-0.15, -0.1) is 0 Å². The molecule has 3 rings (SSSR count). The van der Waals surface area contributed by atoms with Crippen molar-refractivity contribution in [2.24, 2.45) is 0 Å². The minimum absolute atomic E-state index is 0.110. The topological polar surface area (TPSA) is 96.5 Å². The molecule has 0 aromatic carbocycles. The van der Waals surface area contributed by atoms with Gasteiger partial charge in [-0.25, -0.2) is 13.4 Å². The van der Waals surface area contributed by atoms with Gasteiger partial charge in [0.1, 0.15) is 4.90 Å². The highest BCUT2D eigenvalue weighted by Gasteiger charge is 2.36. The smallest absolute Gasteiger partial charge is 0.257 e. The molecular formula is C14H19N3O4S. The summed E-state index contributed by atoms with van der Waals surface area (Å²) in [6.07, 6.45) is 2.97. The predicted molar refractivity (Wildman–Crippen MR) is 79.8 cm³/mol. The van der Waals surface area contributed by atoms with Gasteiger partial charge in [-0.3, -0.25) is 0 Å². The SMILES string of the molecule is Cc1noc2ncc(S(=O)(=O)N3CCCC[C@@H]3[C@@H](C)O)cc12. The molecule has 2 aromatic heterocycles. The number of piperidine rings is 1. The molecule has 0 amide bonds. The number of hydrogen-bond donors (Lipinski definition) is 1. The van der Waals surface area contributed by atoms with Crippen molar-refractivity contribution in [2.45, 2.75) is 50.2 Å². The summed E-state index contributed by atoms with van der Waals surface area (Å²) >= 11 is 0. The van der Waals surface area contributed by atoms with Crippen molar-refractivity contribution in [3.05, 3.63) is 18.0 Å². The summed E-state index contributed by atoms with van der Waals surface area (Å²) in [6.45, 7) is 3.78. The molecule has 3 heterocycles. The third-order valence-corrected chi connectivity index (χ3v) is 6.04. The Morgan fingerprint density at radius 1 is 1.45 bits per heavy atom. The molecule has 0 aliphatic carbocycles. The van der Waals surface area contributed by atoms with E-state index in [1.807, 2.05) is 0 Å². The fraction of sp³-hybridized carbons (Fsp3) is 0.571. The molecule has 8 heteroatoms. The van der Waals surface area contributed by atoms with Crippen LogP contribution in [0.1, 0.15) is 31.9 Å². The molecular weight excluding hydrogens is 306 g/mol. The zero-order chi connectivity index (χ0) is 15.9. The van der Waals surface area contributed by atoms with Gasteiger partial charge in [-0.1, -0.05) is 11.6 Å². The number of aliphatic hydroxyl groups is 1. The van der Waals surface area contributed by atoms with Crippen LogP contribution >= 0.6 is 0 Å². The molecule has 1 fully saturated rings. The summed E-state index contributed by atoms with van der Waals surface area (Å²) in [5, 5.41) is 14.3. The Bertz CT molecular complexity index is 784. The first-order valence-corrected chi connectivity index (χ1v) is 8.77. The van der Waals surface area contributed by atoms with Crippen LogP contribution in [0.2, 0.25) is 0 Å². The van der Waals surface area contributed by atoms with E-state index in [9.17, 15) is 13.5 Å². The summed E-state index contributed by atoms with van der Waals surface area (Å²) in [5.41, 5.74) is 0.924. The summed E-state index contributed by atoms with van der Waals surface area (Å²) in [4.78, 5) is 4.15. The maximum atomic E-state index is 12.9. The average molecular weight is 325 g/mol. The first kappa shape index (κ1) is 15.4. The predicted octanol–water partition coefficient (Wildman–Crippen LogP) is 1.46. The van der Waals surface area contributed by atoms with Crippen molar-refractivity contribution in [2.75, 3.05) is 6.54 Å². The molecule has 7 nitrogen and oxygen atoms in total. The fourth-order valence-corrected chi connectivity index (χ4v) is 4.64. The van der Waals surface area contributed by atoms with Crippen molar-refractivity contribution < 1.29 is 18.0 Å². The van der Waals surface area contributed by atoms with Crippen LogP contribution in [0.15, 0.2) is 21.7 Å². The second kappa shape index (κ2) is 5.60. The lowest BCUT2D eigenvalue weighted by Crippen LogP contribution is -2.48. The summed E-state index contributed by atoms with van der Waals surface area (Å²) in [5.74, 6) is 0. The Labute approximate surface area is 129 Å². The Balaban J connectivity index is 2.04. The molecule has 120 valence electrons. The first-order chi connectivity index (χ1) is 10.4. The number of nitrogens with zero attached hydrogens (tertiary/aromatic N) is 3. The largest absolute Gasteiger partial charge is 0.392 e. The monoisotopic (exact) mass is 325 g/mol. The molecule has 2 aromatic rings. The van der Waals surface area contributed by atoms with Gasteiger partial charge in [-0.2, -0.15) is 4.31 Å². The van der Waals surface area contributed by atoms with Gasteiger partial charge < -0.3 is 9.63 Å². The molecule has 0 unspecified atom stereocenters. The van der Waals surface area contributed by atoms with E-state index in [0.29, 0.717) is 29.8 Å². The van der Waals surface area contributed by atoms with Gasteiger partial charge in [0.15, 0.2) is 0 Å². The van der Waals surface area contributed by atoms with E-state index in [-0.39, 0.29) is 4.90 Å². The second-order valence-electron chi connectivity index (χ2n) is 5.71. The standard InChI is InChI=1S/C14H19N3O4S/c1-9-12-7-11(8-15-14(12)21-16-9)22(19,20)17-6-4-3-5-13(17)10(2)18/h7-8,10,13,18H,3-6H2,1-2H3/t10-,13-/m1/s1. The molecule has 0 radical (unpaired) electrons. The molecule has 0 spiro atoms. The quantitative estimate of drug-likeness (QED) is 0.917. The van der Waals surface area contributed by atoms with E-state index >= 15 is 0 Å². The van der Waals surface area contributed by atoms with Crippen molar-refractivity contribution >= 4 is 21.1 Å². The lowest BCUT2D eigenvalue weighted by molar-refractivity contribution is 0.0831. The minimum atomic E-state index is -3.70. The maximum absolute atomic E-state index is 12.9. The van der Waals surface area contributed by atoms with E-state index < -0.39 is 22.2 Å². The van der Waals surface area contributed by atoms with Crippen LogP contribution in [0.5, 0.6) is 0 Å². The van der Waals surface area contributed by atoms with Gasteiger partial charge in [0.2, 0.25) is 10.0 Å². The number of pyridine rings is 1. The second-order valence-corrected chi connectivity index (χ2v) is 7.60. The van der Waals surface area contributed by atoms with Crippen LogP contribution < -0.4 is 0 Å². The van der Waals surface area contributed by atoms with Crippen molar-refractivity contribution in [3.8, 4) is 0 Å². The van der Waals surface area contributed by atoms with E-state index in [2.05, 4.69) is 10.1 Å². The van der Waals surface area contributed by atoms with Crippen LogP contribution in [-0.4, -0.2) is 46.7 Å². The number of fused-ring (bicyclic) bond motifs is 1. The molecule has 0 saturated carbocycles. The van der Waals surface area contributed by atoms with Crippen LogP contribution in [0.25, 0.3) is 11.1 Å². The number of aliphatic hydroxyl groups excluding tert-OH is 1.